The third-order valence-corrected chi connectivity index (χ3v) is 1.86. The monoisotopic (exact) mass is 253 g/mol. The second kappa shape index (κ2) is 5.63. The number of nitrogens with one attached hydrogen (secondary N) is 1. The number of amides is 2. The summed E-state index contributed by atoms with van der Waals surface area (Å²) in [6.07, 6.45) is 4.64. The molecule has 2 amide bonds. The maximum absolute atomic E-state index is 11.0. The summed E-state index contributed by atoms with van der Waals surface area (Å²) < 4.78 is 0. The van der Waals surface area contributed by atoms with E-state index in [0.29, 0.717) is 0 Å². The summed E-state index contributed by atoms with van der Waals surface area (Å²) in [5.41, 5.74) is 9.32. The Hall–Kier alpha value is -1.20. The first-order chi connectivity index (χ1) is 5.96. The average Bonchev–Trinajstić information content (AvgIpc) is 2.04. The second-order valence-corrected chi connectivity index (χ2v) is 3.00. The van der Waals surface area contributed by atoms with Crippen molar-refractivity contribution >= 4 is 36.6 Å². The predicted octanol–water partition coefficient (Wildman–Crippen LogP) is -0.397. The van der Waals surface area contributed by atoms with Crippen LogP contribution in [0.25, 0.3) is 0 Å². The SMILES string of the molecule is CC1(C(N)=O)C=CC=C(C(N)=O)N1.Cl.Cl. The largest absolute Gasteiger partial charge is 0.367 e. The number of nitrogens with two attached hydrogens (primary N) is 2. The van der Waals surface area contributed by atoms with Crippen molar-refractivity contribution in [2.24, 2.45) is 11.5 Å². The molecule has 5 nitrogen and oxygen atoms in total. The van der Waals surface area contributed by atoms with Gasteiger partial charge in [-0.15, -0.1) is 24.8 Å². The molecule has 0 aromatic rings. The zero-order chi connectivity index (χ0) is 10.1. The van der Waals surface area contributed by atoms with Gasteiger partial charge in [0.25, 0.3) is 5.91 Å². The number of dihydropyridines is 1. The molecule has 1 aliphatic heterocycles. The van der Waals surface area contributed by atoms with Crippen LogP contribution in [0.4, 0.5) is 0 Å². The van der Waals surface area contributed by atoms with Crippen LogP contribution in [0.2, 0.25) is 0 Å². The first kappa shape index (κ1) is 16.2. The number of hydrogen-bond acceptors (Lipinski definition) is 3. The van der Waals surface area contributed by atoms with Crippen molar-refractivity contribution in [2.75, 3.05) is 0 Å². The molecule has 0 spiro atoms. The van der Waals surface area contributed by atoms with Gasteiger partial charge in [-0.3, -0.25) is 9.59 Å². The van der Waals surface area contributed by atoms with Crippen molar-refractivity contribution in [1.82, 2.24) is 5.32 Å². The van der Waals surface area contributed by atoms with Crippen molar-refractivity contribution in [2.45, 2.75) is 12.5 Å². The molecule has 0 aliphatic carbocycles. The summed E-state index contributed by atoms with van der Waals surface area (Å²) in [6, 6.07) is 0. The van der Waals surface area contributed by atoms with Crippen LogP contribution in [0.15, 0.2) is 23.9 Å². The molecule has 5 N–H and O–H groups in total. The van der Waals surface area contributed by atoms with E-state index in [1.165, 1.54) is 6.08 Å². The fourth-order valence-electron chi connectivity index (χ4n) is 0.987. The highest BCUT2D eigenvalue weighted by atomic mass is 35.5. The number of rotatable bonds is 2. The minimum atomic E-state index is -1.03. The average molecular weight is 254 g/mol. The lowest BCUT2D eigenvalue weighted by Crippen LogP contribution is -2.53. The summed E-state index contributed by atoms with van der Waals surface area (Å²) in [6.45, 7) is 1.57. The van der Waals surface area contributed by atoms with Crippen LogP contribution >= 0.6 is 24.8 Å². The highest BCUT2D eigenvalue weighted by Crippen LogP contribution is 2.12. The molecule has 7 heteroatoms. The summed E-state index contributed by atoms with van der Waals surface area (Å²) >= 11 is 0. The fourth-order valence-corrected chi connectivity index (χ4v) is 0.987. The molecule has 0 bridgehead atoms. The molecule has 0 aromatic carbocycles. The Morgan fingerprint density at radius 1 is 1.33 bits per heavy atom. The number of carbonyl (C=O) groups is 2. The molecule has 1 unspecified atom stereocenters. The predicted molar refractivity (Wildman–Crippen MR) is 61.6 cm³/mol. The zero-order valence-corrected chi connectivity index (χ0v) is 9.65. The maximum Gasteiger partial charge on any atom is 0.264 e. The van der Waals surface area contributed by atoms with E-state index in [9.17, 15) is 9.59 Å². The minimum Gasteiger partial charge on any atom is -0.367 e. The lowest BCUT2D eigenvalue weighted by atomic mass is 9.97. The van der Waals surface area contributed by atoms with Gasteiger partial charge >= 0.3 is 0 Å². The first-order valence-electron chi connectivity index (χ1n) is 3.73. The highest BCUT2D eigenvalue weighted by molar-refractivity contribution is 5.95. The standard InChI is InChI=1S/C8H11N3O2.2ClH/c1-8(7(10)13)4-2-3-5(11-8)6(9)12;;/h2-4,11H,1H3,(H2,9,12)(H2,10,13);2*1H. The van der Waals surface area contributed by atoms with Crippen molar-refractivity contribution in [3.63, 3.8) is 0 Å². The van der Waals surface area contributed by atoms with Crippen LogP contribution in [-0.2, 0) is 9.59 Å². The van der Waals surface area contributed by atoms with Crippen molar-refractivity contribution in [3.8, 4) is 0 Å². The fraction of sp³-hybridized carbons (Fsp3) is 0.250. The normalized spacial score (nSPS) is 22.6. The molecular formula is C8H13Cl2N3O2. The molecule has 1 atom stereocenters. The van der Waals surface area contributed by atoms with Gasteiger partial charge in [0.1, 0.15) is 11.2 Å². The molecule has 0 radical (unpaired) electrons. The Balaban J connectivity index is 0. The highest BCUT2D eigenvalue weighted by Gasteiger charge is 2.31. The Morgan fingerprint density at radius 3 is 2.27 bits per heavy atom. The molecule has 15 heavy (non-hydrogen) atoms. The molecule has 1 rings (SSSR count). The number of hydrogen-bond donors (Lipinski definition) is 3. The van der Waals surface area contributed by atoms with Gasteiger partial charge in [0.05, 0.1) is 0 Å². The number of halogens is 2. The Bertz CT molecular complexity index is 328. The molecule has 0 saturated carbocycles. The molecule has 0 fully saturated rings. The maximum atomic E-state index is 11.0. The second-order valence-electron chi connectivity index (χ2n) is 3.00. The van der Waals surface area contributed by atoms with E-state index < -0.39 is 17.4 Å². The van der Waals surface area contributed by atoms with Crippen LogP contribution in [0.3, 0.4) is 0 Å². The zero-order valence-electron chi connectivity index (χ0n) is 8.02. The van der Waals surface area contributed by atoms with E-state index in [1.54, 1.807) is 19.1 Å². The van der Waals surface area contributed by atoms with E-state index >= 15 is 0 Å². The van der Waals surface area contributed by atoms with Crippen LogP contribution in [0, 0.1) is 0 Å². The minimum absolute atomic E-state index is 0. The van der Waals surface area contributed by atoms with E-state index in [0.717, 1.165) is 0 Å². The van der Waals surface area contributed by atoms with Gasteiger partial charge in [-0.2, -0.15) is 0 Å². The van der Waals surface area contributed by atoms with Gasteiger partial charge in [0.2, 0.25) is 5.91 Å². The quantitative estimate of drug-likeness (QED) is 0.625. The van der Waals surface area contributed by atoms with Gasteiger partial charge in [-0.1, -0.05) is 12.2 Å². The lowest BCUT2D eigenvalue weighted by Gasteiger charge is -2.27. The van der Waals surface area contributed by atoms with Crippen LogP contribution < -0.4 is 16.8 Å². The van der Waals surface area contributed by atoms with Crippen LogP contribution in [-0.4, -0.2) is 17.4 Å². The summed E-state index contributed by atoms with van der Waals surface area (Å²) in [5, 5.41) is 2.65. The van der Waals surface area contributed by atoms with E-state index in [-0.39, 0.29) is 30.5 Å². The third kappa shape index (κ3) is 3.45. The van der Waals surface area contributed by atoms with Gasteiger partial charge in [-0.25, -0.2) is 0 Å². The van der Waals surface area contributed by atoms with Crippen LogP contribution in [0.5, 0.6) is 0 Å². The Labute approximate surface area is 99.8 Å². The van der Waals surface area contributed by atoms with Crippen molar-refractivity contribution in [3.05, 3.63) is 23.9 Å². The third-order valence-electron chi connectivity index (χ3n) is 1.86. The summed E-state index contributed by atoms with van der Waals surface area (Å²) in [7, 11) is 0. The van der Waals surface area contributed by atoms with Gasteiger partial charge < -0.3 is 16.8 Å². The van der Waals surface area contributed by atoms with Crippen molar-refractivity contribution in [1.29, 1.82) is 0 Å². The number of primary amides is 2. The Kier molecular flexibility index (Phi) is 6.09. The molecule has 1 aliphatic rings. The smallest absolute Gasteiger partial charge is 0.264 e. The van der Waals surface area contributed by atoms with E-state index in [2.05, 4.69) is 5.32 Å². The molecule has 1 heterocycles. The van der Waals surface area contributed by atoms with E-state index in [1.807, 2.05) is 0 Å². The first-order valence-corrected chi connectivity index (χ1v) is 3.73. The van der Waals surface area contributed by atoms with Gasteiger partial charge in [0, 0.05) is 0 Å². The number of allylic oxidation sites excluding steroid dienone is 2. The topological polar surface area (TPSA) is 98.2 Å². The van der Waals surface area contributed by atoms with Crippen molar-refractivity contribution < 1.29 is 9.59 Å². The molecule has 0 aromatic heterocycles. The lowest BCUT2D eigenvalue weighted by molar-refractivity contribution is -0.122. The van der Waals surface area contributed by atoms with Gasteiger partial charge in [-0.05, 0) is 13.0 Å². The van der Waals surface area contributed by atoms with Gasteiger partial charge in [0.15, 0.2) is 0 Å². The molecule has 86 valence electrons. The van der Waals surface area contributed by atoms with Crippen LogP contribution in [0.1, 0.15) is 6.92 Å². The number of carbonyl (C=O) groups excluding carboxylic acids is 2. The molecule has 0 saturated heterocycles. The Morgan fingerprint density at radius 2 is 1.87 bits per heavy atom. The molecular weight excluding hydrogens is 241 g/mol. The van der Waals surface area contributed by atoms with E-state index in [4.69, 9.17) is 11.5 Å². The summed E-state index contributed by atoms with van der Waals surface area (Å²) in [4.78, 5) is 21.7. The summed E-state index contributed by atoms with van der Waals surface area (Å²) in [5.74, 6) is -1.17.